The zero-order chi connectivity index (χ0) is 26.5. The number of nitrogens with two attached hydrogens (primary N) is 1. The normalized spacial score (nSPS) is 11.1. The Bertz CT molecular complexity index is 1640. The predicted octanol–water partition coefficient (Wildman–Crippen LogP) is 6.04. The molecular formula is C32H31N5O. The van der Waals surface area contributed by atoms with Gasteiger partial charge in [0.1, 0.15) is 0 Å². The number of hydrogen-bond donors (Lipinski definition) is 2. The molecule has 4 aromatic carbocycles. The number of para-hydroxylation sites is 4. The van der Waals surface area contributed by atoms with Gasteiger partial charge in [-0.05, 0) is 57.4 Å². The van der Waals surface area contributed by atoms with Crippen LogP contribution < -0.4 is 11.1 Å². The van der Waals surface area contributed by atoms with E-state index in [-0.39, 0.29) is 5.91 Å². The number of anilines is 1. The van der Waals surface area contributed by atoms with Crippen LogP contribution in [0.15, 0.2) is 97.1 Å². The Morgan fingerprint density at radius 1 is 0.763 bits per heavy atom. The number of nitrogens with zero attached hydrogens (tertiary/aromatic N) is 3. The SMILES string of the molecule is CN(C)CCCNC(=O)c1cccc2c(N)c3ccccc3nc12.c1ccc2nc3ccccc3cc2c1. The van der Waals surface area contributed by atoms with Gasteiger partial charge in [0.05, 0.1) is 33.3 Å². The van der Waals surface area contributed by atoms with Crippen LogP contribution in [0, 0.1) is 0 Å². The van der Waals surface area contributed by atoms with Crippen LogP contribution in [0.25, 0.3) is 43.6 Å². The smallest absolute Gasteiger partial charge is 0.253 e. The molecule has 3 N–H and O–H groups in total. The molecule has 0 spiro atoms. The minimum Gasteiger partial charge on any atom is -0.398 e. The fourth-order valence-electron chi connectivity index (χ4n) is 4.54. The molecule has 0 atom stereocenters. The number of carbonyl (C=O) groups is 1. The van der Waals surface area contributed by atoms with Crippen molar-refractivity contribution in [3.8, 4) is 0 Å². The Hall–Kier alpha value is -4.55. The quantitative estimate of drug-likeness (QED) is 0.222. The van der Waals surface area contributed by atoms with Crippen LogP contribution in [0.5, 0.6) is 0 Å². The highest BCUT2D eigenvalue weighted by atomic mass is 16.1. The molecular weight excluding hydrogens is 470 g/mol. The van der Waals surface area contributed by atoms with Gasteiger partial charge in [-0.3, -0.25) is 4.79 Å². The Morgan fingerprint density at radius 3 is 2.05 bits per heavy atom. The minimum absolute atomic E-state index is 0.110. The summed E-state index contributed by atoms with van der Waals surface area (Å²) in [4.78, 5) is 23.9. The summed E-state index contributed by atoms with van der Waals surface area (Å²) in [7, 11) is 4.04. The number of carbonyl (C=O) groups excluding carboxylic acids is 1. The first-order valence-electron chi connectivity index (χ1n) is 12.8. The lowest BCUT2D eigenvalue weighted by molar-refractivity contribution is 0.0954. The molecule has 0 saturated carbocycles. The zero-order valence-corrected chi connectivity index (χ0v) is 21.7. The maximum absolute atomic E-state index is 12.5. The van der Waals surface area contributed by atoms with E-state index < -0.39 is 0 Å². The van der Waals surface area contributed by atoms with Crippen molar-refractivity contribution in [3.63, 3.8) is 0 Å². The van der Waals surface area contributed by atoms with Crippen LogP contribution in [0.1, 0.15) is 16.8 Å². The first-order valence-corrected chi connectivity index (χ1v) is 12.8. The number of aromatic nitrogens is 2. The second kappa shape index (κ2) is 11.2. The molecule has 2 heterocycles. The van der Waals surface area contributed by atoms with Gasteiger partial charge in [-0.2, -0.15) is 0 Å². The van der Waals surface area contributed by atoms with E-state index in [9.17, 15) is 4.79 Å². The van der Waals surface area contributed by atoms with Crippen LogP contribution in [-0.2, 0) is 0 Å². The van der Waals surface area contributed by atoms with Crippen molar-refractivity contribution in [2.75, 3.05) is 32.9 Å². The summed E-state index contributed by atoms with van der Waals surface area (Å²) in [6.45, 7) is 1.57. The average Bonchev–Trinajstić information content (AvgIpc) is 2.94. The maximum Gasteiger partial charge on any atom is 0.253 e. The summed E-state index contributed by atoms with van der Waals surface area (Å²) in [5.74, 6) is -0.110. The first-order chi connectivity index (χ1) is 18.5. The van der Waals surface area contributed by atoms with E-state index in [0.717, 1.165) is 40.3 Å². The molecule has 0 aliphatic carbocycles. The van der Waals surface area contributed by atoms with Crippen molar-refractivity contribution in [3.05, 3.63) is 103 Å². The maximum atomic E-state index is 12.5. The van der Waals surface area contributed by atoms with Crippen LogP contribution >= 0.6 is 0 Å². The largest absolute Gasteiger partial charge is 0.398 e. The van der Waals surface area contributed by atoms with Crippen molar-refractivity contribution >= 4 is 55.2 Å². The monoisotopic (exact) mass is 501 g/mol. The molecule has 2 aromatic heterocycles. The number of pyridine rings is 2. The highest BCUT2D eigenvalue weighted by molar-refractivity contribution is 6.13. The van der Waals surface area contributed by atoms with Crippen LogP contribution in [0.4, 0.5) is 5.69 Å². The van der Waals surface area contributed by atoms with E-state index in [1.165, 1.54) is 10.8 Å². The molecule has 6 nitrogen and oxygen atoms in total. The van der Waals surface area contributed by atoms with Crippen molar-refractivity contribution in [1.29, 1.82) is 0 Å². The number of benzene rings is 4. The van der Waals surface area contributed by atoms with Gasteiger partial charge in [-0.25, -0.2) is 9.97 Å². The predicted molar refractivity (Wildman–Crippen MR) is 158 cm³/mol. The third-order valence-corrected chi connectivity index (χ3v) is 6.49. The van der Waals surface area contributed by atoms with Crippen LogP contribution in [0.3, 0.4) is 0 Å². The summed E-state index contributed by atoms with van der Waals surface area (Å²) < 4.78 is 0. The van der Waals surface area contributed by atoms with Crippen LogP contribution in [0.2, 0.25) is 0 Å². The Balaban J connectivity index is 0.000000177. The molecule has 0 radical (unpaired) electrons. The summed E-state index contributed by atoms with van der Waals surface area (Å²) in [6.07, 6.45) is 0.905. The summed E-state index contributed by atoms with van der Waals surface area (Å²) >= 11 is 0. The molecule has 6 rings (SSSR count). The molecule has 0 aliphatic rings. The highest BCUT2D eigenvalue weighted by Crippen LogP contribution is 2.29. The Labute approximate surface area is 222 Å². The number of nitrogens with one attached hydrogen (secondary N) is 1. The van der Waals surface area contributed by atoms with Crippen molar-refractivity contribution in [2.45, 2.75) is 6.42 Å². The van der Waals surface area contributed by atoms with Crippen molar-refractivity contribution < 1.29 is 4.79 Å². The molecule has 6 heteroatoms. The Kier molecular flexibility index (Phi) is 7.43. The summed E-state index contributed by atoms with van der Waals surface area (Å²) in [6, 6.07) is 31.8. The van der Waals surface area contributed by atoms with Gasteiger partial charge in [-0.1, -0.05) is 66.7 Å². The standard InChI is InChI=1S/C19H22N4O.C13H9N/c1-23(2)12-6-11-21-19(24)15-9-5-8-14-17(20)13-7-3-4-10-16(13)22-18(14)15;1-3-7-12-10(5-1)9-11-6-2-4-8-13(11)14-12/h3-5,7-10H,6,11-12H2,1-2H3,(H2,20,22)(H,21,24);1-9H. The number of rotatable bonds is 5. The molecule has 0 unspecified atom stereocenters. The van der Waals surface area contributed by atoms with E-state index in [1.807, 2.05) is 86.9 Å². The van der Waals surface area contributed by atoms with Crippen LogP contribution in [-0.4, -0.2) is 48.0 Å². The van der Waals surface area contributed by atoms with Gasteiger partial charge in [0, 0.05) is 28.1 Å². The van der Waals surface area contributed by atoms with Gasteiger partial charge in [0.2, 0.25) is 0 Å². The lowest BCUT2D eigenvalue weighted by Crippen LogP contribution is -2.27. The molecule has 1 amide bonds. The number of nitrogen functional groups attached to an aromatic ring is 1. The molecule has 38 heavy (non-hydrogen) atoms. The number of fused-ring (bicyclic) bond motifs is 4. The van der Waals surface area contributed by atoms with E-state index in [2.05, 4.69) is 38.4 Å². The van der Waals surface area contributed by atoms with Gasteiger partial charge >= 0.3 is 0 Å². The molecule has 0 fully saturated rings. The van der Waals surface area contributed by atoms with Gasteiger partial charge in [0.15, 0.2) is 0 Å². The van der Waals surface area contributed by atoms with E-state index in [4.69, 9.17) is 5.73 Å². The minimum atomic E-state index is -0.110. The molecule has 6 aromatic rings. The lowest BCUT2D eigenvalue weighted by Gasteiger charge is -2.12. The zero-order valence-electron chi connectivity index (χ0n) is 21.7. The average molecular weight is 502 g/mol. The lowest BCUT2D eigenvalue weighted by atomic mass is 10.0. The third-order valence-electron chi connectivity index (χ3n) is 6.49. The van der Waals surface area contributed by atoms with E-state index in [1.54, 1.807) is 6.07 Å². The number of hydrogen-bond acceptors (Lipinski definition) is 5. The molecule has 190 valence electrons. The second-order valence-corrected chi connectivity index (χ2v) is 9.53. The Morgan fingerprint density at radius 2 is 1.37 bits per heavy atom. The fraction of sp³-hybridized carbons (Fsp3) is 0.156. The van der Waals surface area contributed by atoms with Gasteiger partial charge in [0.25, 0.3) is 5.91 Å². The fourth-order valence-corrected chi connectivity index (χ4v) is 4.54. The number of amides is 1. The molecule has 0 bridgehead atoms. The first kappa shape index (κ1) is 25.1. The topological polar surface area (TPSA) is 84.1 Å². The van der Waals surface area contributed by atoms with Crippen molar-refractivity contribution in [2.24, 2.45) is 0 Å². The molecule has 0 saturated heterocycles. The van der Waals surface area contributed by atoms with E-state index >= 15 is 0 Å². The van der Waals surface area contributed by atoms with Crippen molar-refractivity contribution in [1.82, 2.24) is 20.2 Å². The second-order valence-electron chi connectivity index (χ2n) is 9.53. The van der Waals surface area contributed by atoms with Gasteiger partial charge in [-0.15, -0.1) is 0 Å². The van der Waals surface area contributed by atoms with E-state index in [0.29, 0.717) is 23.3 Å². The van der Waals surface area contributed by atoms with Gasteiger partial charge < -0.3 is 16.0 Å². The summed E-state index contributed by atoms with van der Waals surface area (Å²) in [5.41, 5.74) is 11.1. The summed E-state index contributed by atoms with van der Waals surface area (Å²) in [5, 5.41) is 7.09. The third kappa shape index (κ3) is 5.41. The highest BCUT2D eigenvalue weighted by Gasteiger charge is 2.14. The molecule has 0 aliphatic heterocycles.